The highest BCUT2D eigenvalue weighted by Gasteiger charge is 2.33. The van der Waals surface area contributed by atoms with E-state index in [1.54, 1.807) is 57.7 Å². The molecule has 0 radical (unpaired) electrons. The van der Waals surface area contributed by atoms with Crippen LogP contribution in [0, 0.1) is 0 Å². The van der Waals surface area contributed by atoms with Gasteiger partial charge in [-0.05, 0) is 55.3 Å². The summed E-state index contributed by atoms with van der Waals surface area (Å²) in [5, 5.41) is 4.09. The number of nitrogens with zero attached hydrogens (tertiary/aromatic N) is 3. The molecular weight excluding hydrogens is 434 g/mol. The summed E-state index contributed by atoms with van der Waals surface area (Å²) in [5.41, 5.74) is 0.719. The van der Waals surface area contributed by atoms with Crippen LogP contribution in [-0.4, -0.2) is 57.3 Å². The zero-order valence-corrected chi connectivity index (χ0v) is 19.0. The van der Waals surface area contributed by atoms with Gasteiger partial charge in [-0.25, -0.2) is 8.42 Å². The minimum Gasteiger partial charge on any atom is -0.497 e. The van der Waals surface area contributed by atoms with Crippen LogP contribution in [0.25, 0.3) is 11.4 Å². The smallest absolute Gasteiger partial charge is 0.243 e. The second-order valence-electron chi connectivity index (χ2n) is 7.40. The highest BCUT2D eigenvalue weighted by atomic mass is 32.2. The largest absolute Gasteiger partial charge is 0.497 e. The summed E-state index contributed by atoms with van der Waals surface area (Å²) < 4.78 is 48.9. The van der Waals surface area contributed by atoms with Crippen molar-refractivity contribution in [3.8, 4) is 28.6 Å². The molecule has 0 amide bonds. The Balaban J connectivity index is 1.53. The number of methoxy groups -OCH3 is 3. The fourth-order valence-electron chi connectivity index (χ4n) is 3.75. The van der Waals surface area contributed by atoms with Crippen LogP contribution in [0.4, 0.5) is 0 Å². The lowest BCUT2D eigenvalue weighted by molar-refractivity contribution is 0.265. The van der Waals surface area contributed by atoms with Gasteiger partial charge in [0.15, 0.2) is 11.5 Å². The van der Waals surface area contributed by atoms with Gasteiger partial charge in [-0.15, -0.1) is 0 Å². The van der Waals surface area contributed by atoms with E-state index in [2.05, 4.69) is 10.1 Å². The summed E-state index contributed by atoms with van der Waals surface area (Å²) in [4.78, 5) is 4.77. The first-order chi connectivity index (χ1) is 15.5. The lowest BCUT2D eigenvalue weighted by Gasteiger charge is -2.30. The van der Waals surface area contributed by atoms with Gasteiger partial charge in [0.1, 0.15) is 5.75 Å². The molecule has 0 spiro atoms. The molecule has 170 valence electrons. The van der Waals surface area contributed by atoms with Crippen LogP contribution < -0.4 is 14.2 Å². The van der Waals surface area contributed by atoms with Gasteiger partial charge < -0.3 is 18.7 Å². The predicted molar refractivity (Wildman–Crippen MR) is 117 cm³/mol. The Kier molecular flexibility index (Phi) is 6.33. The van der Waals surface area contributed by atoms with Crippen LogP contribution in [0.1, 0.15) is 24.7 Å². The van der Waals surface area contributed by atoms with Crippen molar-refractivity contribution in [2.45, 2.75) is 23.7 Å². The number of aromatic nitrogens is 2. The van der Waals surface area contributed by atoms with E-state index in [9.17, 15) is 8.42 Å². The molecule has 0 unspecified atom stereocenters. The summed E-state index contributed by atoms with van der Waals surface area (Å²) in [6.45, 7) is 0.726. The molecule has 0 aliphatic carbocycles. The van der Waals surface area contributed by atoms with Gasteiger partial charge in [0.05, 0.1) is 32.1 Å². The molecule has 1 atom stereocenters. The third-order valence-electron chi connectivity index (χ3n) is 5.51. The zero-order chi connectivity index (χ0) is 22.7. The number of hydrogen-bond acceptors (Lipinski definition) is 8. The Hall–Kier alpha value is -3.11. The molecule has 0 N–H and O–H groups in total. The monoisotopic (exact) mass is 459 g/mol. The number of rotatable bonds is 7. The van der Waals surface area contributed by atoms with Crippen LogP contribution in [0.2, 0.25) is 0 Å². The molecule has 32 heavy (non-hydrogen) atoms. The van der Waals surface area contributed by atoms with Crippen molar-refractivity contribution >= 4 is 10.0 Å². The van der Waals surface area contributed by atoms with E-state index >= 15 is 0 Å². The molecule has 2 heterocycles. The molecule has 1 aliphatic rings. The van der Waals surface area contributed by atoms with Gasteiger partial charge in [-0.2, -0.15) is 9.29 Å². The molecule has 9 nitrogen and oxygen atoms in total. The first-order valence-corrected chi connectivity index (χ1v) is 11.6. The third kappa shape index (κ3) is 4.28. The number of ether oxygens (including phenoxy) is 3. The standard InChI is InChI=1S/C22H25N3O6S/c1-28-17-7-9-18(10-8-17)32(26,27)25-12-4-5-16(14-25)22-23-21(24-31-22)15-6-11-19(29-2)20(13-15)30-3/h6-11,13,16H,4-5,12,14H2,1-3H3/t16-/m0/s1. The van der Waals surface area contributed by atoms with Gasteiger partial charge in [0.25, 0.3) is 0 Å². The minimum absolute atomic E-state index is 0.182. The maximum absolute atomic E-state index is 13.1. The van der Waals surface area contributed by atoms with E-state index < -0.39 is 10.0 Å². The Labute approximate surface area is 187 Å². The number of benzene rings is 2. The van der Waals surface area contributed by atoms with Gasteiger partial charge in [0.2, 0.25) is 21.7 Å². The average molecular weight is 460 g/mol. The molecule has 0 saturated carbocycles. The molecule has 1 aromatic heterocycles. The van der Waals surface area contributed by atoms with Crippen molar-refractivity contribution < 1.29 is 27.2 Å². The van der Waals surface area contributed by atoms with Gasteiger partial charge in [-0.3, -0.25) is 0 Å². The Morgan fingerprint density at radius 2 is 1.75 bits per heavy atom. The first-order valence-electron chi connectivity index (χ1n) is 10.2. The summed E-state index contributed by atoms with van der Waals surface area (Å²) in [7, 11) is 1.04. The fraction of sp³-hybridized carbons (Fsp3) is 0.364. The molecule has 2 aromatic carbocycles. The molecular formula is C22H25N3O6S. The zero-order valence-electron chi connectivity index (χ0n) is 18.1. The Bertz CT molecular complexity index is 1180. The van der Waals surface area contributed by atoms with Crippen LogP contribution in [-0.2, 0) is 10.0 Å². The second kappa shape index (κ2) is 9.17. The van der Waals surface area contributed by atoms with Crippen molar-refractivity contribution in [3.05, 3.63) is 48.4 Å². The van der Waals surface area contributed by atoms with Crippen molar-refractivity contribution in [1.82, 2.24) is 14.4 Å². The molecule has 10 heteroatoms. The highest BCUT2D eigenvalue weighted by Crippen LogP contribution is 2.34. The quantitative estimate of drug-likeness (QED) is 0.530. The van der Waals surface area contributed by atoms with E-state index in [0.29, 0.717) is 41.9 Å². The molecule has 1 fully saturated rings. The lowest BCUT2D eigenvalue weighted by atomic mass is 10.00. The van der Waals surface area contributed by atoms with E-state index in [1.807, 2.05) is 6.07 Å². The van der Waals surface area contributed by atoms with Crippen LogP contribution >= 0.6 is 0 Å². The van der Waals surface area contributed by atoms with Crippen LogP contribution in [0.5, 0.6) is 17.2 Å². The summed E-state index contributed by atoms with van der Waals surface area (Å²) in [6, 6.07) is 11.8. The maximum atomic E-state index is 13.1. The second-order valence-corrected chi connectivity index (χ2v) is 9.34. The van der Waals surface area contributed by atoms with Crippen molar-refractivity contribution in [3.63, 3.8) is 0 Å². The van der Waals surface area contributed by atoms with Crippen molar-refractivity contribution in [1.29, 1.82) is 0 Å². The first kappa shape index (κ1) is 22.1. The SMILES string of the molecule is COc1ccc(S(=O)(=O)N2CCC[C@H](c3nc(-c4ccc(OC)c(OC)c4)no3)C2)cc1. The molecule has 1 aliphatic heterocycles. The minimum atomic E-state index is -3.63. The summed E-state index contributed by atoms with van der Waals surface area (Å²) in [5.74, 6) is 2.42. The molecule has 4 rings (SSSR count). The highest BCUT2D eigenvalue weighted by molar-refractivity contribution is 7.89. The number of sulfonamides is 1. The van der Waals surface area contributed by atoms with Gasteiger partial charge in [-0.1, -0.05) is 5.16 Å². The Morgan fingerprint density at radius 1 is 1.00 bits per heavy atom. The summed E-state index contributed by atoms with van der Waals surface area (Å²) >= 11 is 0. The van der Waals surface area contributed by atoms with E-state index in [-0.39, 0.29) is 17.4 Å². The third-order valence-corrected chi connectivity index (χ3v) is 7.39. The number of hydrogen-bond donors (Lipinski definition) is 0. The van der Waals surface area contributed by atoms with Crippen LogP contribution in [0.15, 0.2) is 51.9 Å². The van der Waals surface area contributed by atoms with E-state index in [4.69, 9.17) is 18.7 Å². The van der Waals surface area contributed by atoms with Crippen molar-refractivity contribution in [2.24, 2.45) is 0 Å². The fourth-order valence-corrected chi connectivity index (χ4v) is 5.28. The molecule has 3 aromatic rings. The average Bonchev–Trinajstić information content (AvgIpc) is 3.34. The van der Waals surface area contributed by atoms with Crippen LogP contribution in [0.3, 0.4) is 0 Å². The van der Waals surface area contributed by atoms with E-state index in [0.717, 1.165) is 12.0 Å². The van der Waals surface area contributed by atoms with Crippen molar-refractivity contribution in [2.75, 3.05) is 34.4 Å². The number of piperidine rings is 1. The summed E-state index contributed by atoms with van der Waals surface area (Å²) in [6.07, 6.45) is 1.47. The molecule has 1 saturated heterocycles. The van der Waals surface area contributed by atoms with Gasteiger partial charge >= 0.3 is 0 Å². The maximum Gasteiger partial charge on any atom is 0.243 e. The Morgan fingerprint density at radius 3 is 2.44 bits per heavy atom. The molecule has 0 bridgehead atoms. The van der Waals surface area contributed by atoms with E-state index in [1.165, 1.54) is 4.31 Å². The van der Waals surface area contributed by atoms with Gasteiger partial charge in [0, 0.05) is 18.7 Å². The lowest BCUT2D eigenvalue weighted by Crippen LogP contribution is -2.39. The predicted octanol–water partition coefficient (Wildman–Crippen LogP) is 3.33. The topological polar surface area (TPSA) is 104 Å². The normalized spacial score (nSPS) is 17.2.